The SMILES string of the molecule is O=C1c2ccccc2-c2ncnc3c(S(=O)(=O)[O-])cc(O)c1c23. The van der Waals surface area contributed by atoms with Crippen molar-refractivity contribution in [3.63, 3.8) is 0 Å². The van der Waals surface area contributed by atoms with Gasteiger partial charge in [0.2, 0.25) is 0 Å². The van der Waals surface area contributed by atoms with Crippen molar-refractivity contribution < 1.29 is 22.9 Å². The van der Waals surface area contributed by atoms with Crippen molar-refractivity contribution >= 4 is 26.8 Å². The van der Waals surface area contributed by atoms with Crippen molar-refractivity contribution in [2.45, 2.75) is 4.90 Å². The largest absolute Gasteiger partial charge is 0.744 e. The Bertz CT molecular complexity index is 1120. The van der Waals surface area contributed by atoms with Gasteiger partial charge in [-0.15, -0.1) is 0 Å². The van der Waals surface area contributed by atoms with Crippen molar-refractivity contribution in [3.05, 3.63) is 47.8 Å². The number of fused-ring (bicyclic) bond motifs is 2. The number of aromatic hydroxyl groups is 1. The van der Waals surface area contributed by atoms with Crippen LogP contribution in [0.4, 0.5) is 0 Å². The van der Waals surface area contributed by atoms with Gasteiger partial charge >= 0.3 is 0 Å². The first-order valence-corrected chi connectivity index (χ1v) is 7.91. The number of nitrogens with zero attached hydrogens (tertiary/aromatic N) is 2. The van der Waals surface area contributed by atoms with Gasteiger partial charge in [-0.3, -0.25) is 4.79 Å². The van der Waals surface area contributed by atoms with Crippen molar-refractivity contribution in [2.24, 2.45) is 0 Å². The molecule has 4 rings (SSSR count). The fourth-order valence-electron chi connectivity index (χ4n) is 2.85. The molecule has 23 heavy (non-hydrogen) atoms. The molecular weight excluding hydrogens is 320 g/mol. The Balaban J connectivity index is 2.30. The van der Waals surface area contributed by atoms with E-state index in [1.54, 1.807) is 24.3 Å². The topological polar surface area (TPSA) is 120 Å². The maximum atomic E-state index is 12.6. The second kappa shape index (κ2) is 4.34. The number of hydrogen-bond donors (Lipinski definition) is 1. The zero-order valence-electron chi connectivity index (χ0n) is 11.3. The van der Waals surface area contributed by atoms with Gasteiger partial charge in [0.1, 0.15) is 22.2 Å². The fourth-order valence-corrected chi connectivity index (χ4v) is 3.50. The molecule has 1 heterocycles. The van der Waals surface area contributed by atoms with E-state index in [-0.39, 0.29) is 16.5 Å². The van der Waals surface area contributed by atoms with Gasteiger partial charge in [0.25, 0.3) is 0 Å². The number of aromatic nitrogens is 2. The lowest BCUT2D eigenvalue weighted by Crippen LogP contribution is -2.13. The van der Waals surface area contributed by atoms with Gasteiger partial charge in [0.15, 0.2) is 5.78 Å². The number of carbonyl (C=O) groups is 1. The molecule has 0 fully saturated rings. The van der Waals surface area contributed by atoms with Crippen LogP contribution in [0.5, 0.6) is 5.75 Å². The Morgan fingerprint density at radius 2 is 1.78 bits per heavy atom. The number of benzene rings is 2. The Kier molecular flexibility index (Phi) is 2.60. The van der Waals surface area contributed by atoms with Crippen molar-refractivity contribution in [3.8, 4) is 17.0 Å². The normalized spacial score (nSPS) is 13.2. The van der Waals surface area contributed by atoms with Crippen molar-refractivity contribution in [1.82, 2.24) is 9.97 Å². The summed E-state index contributed by atoms with van der Waals surface area (Å²) in [6.07, 6.45) is 1.12. The molecular formula is C15H7N2O5S-. The predicted molar refractivity (Wildman–Crippen MR) is 78.0 cm³/mol. The molecule has 3 aromatic rings. The lowest BCUT2D eigenvalue weighted by Gasteiger charge is -2.21. The molecule has 7 nitrogen and oxygen atoms in total. The third kappa shape index (κ3) is 1.79. The van der Waals surface area contributed by atoms with E-state index in [2.05, 4.69) is 9.97 Å². The van der Waals surface area contributed by atoms with Crippen LogP contribution in [-0.2, 0) is 10.1 Å². The van der Waals surface area contributed by atoms with E-state index >= 15 is 0 Å². The molecule has 0 bridgehead atoms. The van der Waals surface area contributed by atoms with E-state index in [1.807, 2.05) is 0 Å². The monoisotopic (exact) mass is 327 g/mol. The maximum Gasteiger partial charge on any atom is 0.198 e. The van der Waals surface area contributed by atoms with Crippen LogP contribution in [0.1, 0.15) is 15.9 Å². The number of phenols is 1. The molecule has 0 radical (unpaired) electrons. The minimum absolute atomic E-state index is 0.0747. The summed E-state index contributed by atoms with van der Waals surface area (Å²) in [5, 5.41) is 10.2. The summed E-state index contributed by atoms with van der Waals surface area (Å²) in [6.45, 7) is 0. The Morgan fingerprint density at radius 3 is 2.48 bits per heavy atom. The van der Waals surface area contributed by atoms with Gasteiger partial charge in [0, 0.05) is 22.6 Å². The lowest BCUT2D eigenvalue weighted by molar-refractivity contribution is 0.103. The average molecular weight is 327 g/mol. The minimum atomic E-state index is -4.88. The smallest absolute Gasteiger partial charge is 0.198 e. The van der Waals surface area contributed by atoms with E-state index in [9.17, 15) is 22.9 Å². The Labute approximate surface area is 130 Å². The molecule has 0 saturated heterocycles. The number of phenolic OH excluding ortho intramolecular Hbond substituents is 1. The first-order chi connectivity index (χ1) is 10.9. The Hall–Kier alpha value is -2.84. The van der Waals surface area contributed by atoms with Crippen LogP contribution in [0.15, 0.2) is 41.6 Å². The summed E-state index contributed by atoms with van der Waals surface area (Å²) in [5.41, 5.74) is 0.883. The van der Waals surface area contributed by atoms with Crippen LogP contribution in [-0.4, -0.2) is 33.8 Å². The average Bonchev–Trinajstić information content (AvgIpc) is 2.52. The standard InChI is InChI=1S/C15H8N2O5S/c18-9-5-10(23(20,21)22)14-12-11(9)15(19)8-4-2-1-3-7(8)13(12)16-6-17-14/h1-6,18H,(H,20,21,22)/p-1. The molecule has 0 aliphatic heterocycles. The molecule has 1 aromatic heterocycles. The quantitative estimate of drug-likeness (QED) is 0.525. The highest BCUT2D eigenvalue weighted by Crippen LogP contribution is 2.42. The van der Waals surface area contributed by atoms with E-state index in [4.69, 9.17) is 0 Å². The molecule has 0 unspecified atom stereocenters. The molecule has 0 spiro atoms. The molecule has 2 aromatic carbocycles. The van der Waals surface area contributed by atoms with Crippen LogP contribution in [0, 0.1) is 0 Å². The van der Waals surface area contributed by atoms with Crippen molar-refractivity contribution in [2.75, 3.05) is 0 Å². The minimum Gasteiger partial charge on any atom is -0.744 e. The van der Waals surface area contributed by atoms with E-state index in [0.717, 1.165) is 12.4 Å². The highest BCUT2D eigenvalue weighted by Gasteiger charge is 2.31. The lowest BCUT2D eigenvalue weighted by atomic mass is 9.86. The van der Waals surface area contributed by atoms with Gasteiger partial charge in [-0.1, -0.05) is 24.3 Å². The summed E-state index contributed by atoms with van der Waals surface area (Å²) < 4.78 is 34.3. The van der Waals surface area contributed by atoms with Gasteiger partial charge < -0.3 is 9.66 Å². The molecule has 1 N–H and O–H groups in total. The number of rotatable bonds is 1. The molecule has 0 atom stereocenters. The highest BCUT2D eigenvalue weighted by atomic mass is 32.2. The van der Waals surface area contributed by atoms with Gasteiger partial charge in [-0.25, -0.2) is 18.4 Å². The fraction of sp³-hybridized carbons (Fsp3) is 0. The Morgan fingerprint density at radius 1 is 1.09 bits per heavy atom. The number of ketones is 1. The van der Waals surface area contributed by atoms with Crippen molar-refractivity contribution in [1.29, 1.82) is 0 Å². The number of hydrogen-bond acceptors (Lipinski definition) is 7. The highest BCUT2D eigenvalue weighted by molar-refractivity contribution is 7.86. The summed E-state index contributed by atoms with van der Waals surface area (Å²) in [5.74, 6) is -1.05. The van der Waals surface area contributed by atoms with Gasteiger partial charge in [0.05, 0.1) is 21.7 Å². The number of carbonyl (C=O) groups excluding carboxylic acids is 1. The predicted octanol–water partition coefficient (Wildman–Crippen LogP) is 1.45. The zero-order valence-corrected chi connectivity index (χ0v) is 12.2. The summed E-state index contributed by atoms with van der Waals surface area (Å²) in [4.78, 5) is 19.9. The first kappa shape index (κ1) is 13.8. The second-order valence-electron chi connectivity index (χ2n) is 5.04. The molecule has 8 heteroatoms. The van der Waals surface area contributed by atoms with E-state index < -0.39 is 26.5 Å². The van der Waals surface area contributed by atoms with Crippen LogP contribution in [0.3, 0.4) is 0 Å². The summed E-state index contributed by atoms with van der Waals surface area (Å²) in [7, 11) is -4.88. The summed E-state index contributed by atoms with van der Waals surface area (Å²) in [6, 6.07) is 7.40. The van der Waals surface area contributed by atoms with Crippen LogP contribution < -0.4 is 0 Å². The molecule has 0 amide bonds. The van der Waals surface area contributed by atoms with Gasteiger partial charge in [-0.2, -0.15) is 0 Å². The molecule has 1 aliphatic carbocycles. The van der Waals surface area contributed by atoms with E-state index in [0.29, 0.717) is 16.8 Å². The maximum absolute atomic E-state index is 12.6. The van der Waals surface area contributed by atoms with Crippen LogP contribution >= 0.6 is 0 Å². The molecule has 1 aliphatic rings. The third-order valence-electron chi connectivity index (χ3n) is 3.78. The van der Waals surface area contributed by atoms with Gasteiger partial charge in [-0.05, 0) is 0 Å². The van der Waals surface area contributed by atoms with Crippen LogP contribution in [0.25, 0.3) is 22.2 Å². The van der Waals surface area contributed by atoms with E-state index in [1.165, 1.54) is 0 Å². The first-order valence-electron chi connectivity index (χ1n) is 6.50. The molecule has 0 saturated carbocycles. The summed E-state index contributed by atoms with van der Waals surface area (Å²) >= 11 is 0. The zero-order chi connectivity index (χ0) is 16.4. The van der Waals surface area contributed by atoms with Crippen LogP contribution in [0.2, 0.25) is 0 Å². The second-order valence-corrected chi connectivity index (χ2v) is 6.39. The third-order valence-corrected chi connectivity index (χ3v) is 4.63. The molecule has 114 valence electrons.